The van der Waals surface area contributed by atoms with Gasteiger partial charge in [0.2, 0.25) is 5.13 Å². The number of hydrazone groups is 1. The Morgan fingerprint density at radius 3 is 2.84 bits per heavy atom. The number of benzene rings is 2. The van der Waals surface area contributed by atoms with E-state index in [0.717, 1.165) is 32.9 Å². The van der Waals surface area contributed by atoms with Crippen molar-refractivity contribution in [3.63, 3.8) is 0 Å². The molecule has 0 atom stereocenters. The SMILES string of the molecule is N#Cc1ccc(-c2csc(N/N=C\c3c[nH]c4ccccc34)n2)cc1. The second kappa shape index (κ2) is 6.59. The molecule has 0 aliphatic rings. The molecule has 2 N–H and O–H groups in total. The molecule has 5 nitrogen and oxygen atoms in total. The van der Waals surface area contributed by atoms with E-state index < -0.39 is 0 Å². The second-order valence-electron chi connectivity index (χ2n) is 5.39. The first-order valence-electron chi connectivity index (χ1n) is 7.65. The van der Waals surface area contributed by atoms with Crippen LogP contribution in [0.3, 0.4) is 0 Å². The topological polar surface area (TPSA) is 76.9 Å². The first kappa shape index (κ1) is 15.1. The van der Waals surface area contributed by atoms with Gasteiger partial charge in [-0.25, -0.2) is 4.98 Å². The van der Waals surface area contributed by atoms with Gasteiger partial charge in [0.05, 0.1) is 23.5 Å². The highest BCUT2D eigenvalue weighted by Crippen LogP contribution is 2.25. The summed E-state index contributed by atoms with van der Waals surface area (Å²) in [6.45, 7) is 0. The van der Waals surface area contributed by atoms with Crippen LogP contribution in [-0.4, -0.2) is 16.2 Å². The number of hydrogen-bond donors (Lipinski definition) is 2. The predicted octanol–water partition coefficient (Wildman–Crippen LogP) is 4.61. The number of hydrogen-bond acceptors (Lipinski definition) is 5. The lowest BCUT2D eigenvalue weighted by Crippen LogP contribution is -1.89. The maximum absolute atomic E-state index is 8.85. The predicted molar refractivity (Wildman–Crippen MR) is 102 cm³/mol. The van der Waals surface area contributed by atoms with Crippen LogP contribution in [0.1, 0.15) is 11.1 Å². The van der Waals surface area contributed by atoms with Crippen LogP contribution in [-0.2, 0) is 0 Å². The van der Waals surface area contributed by atoms with Crippen molar-refractivity contribution >= 4 is 33.6 Å². The fraction of sp³-hybridized carbons (Fsp3) is 0. The van der Waals surface area contributed by atoms with Gasteiger partial charge in [-0.1, -0.05) is 30.3 Å². The summed E-state index contributed by atoms with van der Waals surface area (Å²) < 4.78 is 0. The number of anilines is 1. The Hall–Kier alpha value is -3.43. The number of rotatable bonds is 4. The monoisotopic (exact) mass is 343 g/mol. The fourth-order valence-electron chi connectivity index (χ4n) is 2.53. The molecule has 25 heavy (non-hydrogen) atoms. The molecule has 0 fully saturated rings. The fourth-order valence-corrected chi connectivity index (χ4v) is 3.20. The number of nitrogens with zero attached hydrogens (tertiary/aromatic N) is 3. The number of nitriles is 1. The number of fused-ring (bicyclic) bond motifs is 1. The van der Waals surface area contributed by atoms with Crippen LogP contribution in [0.25, 0.3) is 22.2 Å². The zero-order valence-electron chi connectivity index (χ0n) is 13.1. The van der Waals surface area contributed by atoms with Gasteiger partial charge in [0, 0.05) is 33.6 Å². The normalized spacial score (nSPS) is 11.0. The highest BCUT2D eigenvalue weighted by atomic mass is 32.1. The van der Waals surface area contributed by atoms with E-state index in [2.05, 4.69) is 32.6 Å². The van der Waals surface area contributed by atoms with Gasteiger partial charge < -0.3 is 4.98 Å². The lowest BCUT2D eigenvalue weighted by Gasteiger charge is -1.96. The number of aromatic amines is 1. The van der Waals surface area contributed by atoms with Crippen LogP contribution in [0.2, 0.25) is 0 Å². The van der Waals surface area contributed by atoms with Gasteiger partial charge in [0.1, 0.15) is 0 Å². The Morgan fingerprint density at radius 1 is 1.16 bits per heavy atom. The summed E-state index contributed by atoms with van der Waals surface area (Å²) in [4.78, 5) is 7.74. The Kier molecular flexibility index (Phi) is 3.99. The molecule has 0 radical (unpaired) electrons. The number of para-hydroxylation sites is 1. The molecular weight excluding hydrogens is 330 g/mol. The van der Waals surface area contributed by atoms with Crippen LogP contribution in [0.4, 0.5) is 5.13 Å². The minimum absolute atomic E-state index is 0.639. The third-order valence-corrected chi connectivity index (χ3v) is 4.55. The molecule has 120 valence electrons. The molecule has 0 bridgehead atoms. The summed E-state index contributed by atoms with van der Waals surface area (Å²) in [6, 6.07) is 17.6. The van der Waals surface area contributed by atoms with Crippen LogP contribution in [0.5, 0.6) is 0 Å². The van der Waals surface area contributed by atoms with Gasteiger partial charge in [0.15, 0.2) is 0 Å². The van der Waals surface area contributed by atoms with Crippen molar-refractivity contribution in [2.75, 3.05) is 5.43 Å². The quantitative estimate of drug-likeness (QED) is 0.420. The molecule has 4 rings (SSSR count). The van der Waals surface area contributed by atoms with E-state index in [1.165, 1.54) is 11.3 Å². The third-order valence-electron chi connectivity index (χ3n) is 3.80. The van der Waals surface area contributed by atoms with Crippen molar-refractivity contribution in [3.8, 4) is 17.3 Å². The molecule has 2 heterocycles. The highest BCUT2D eigenvalue weighted by molar-refractivity contribution is 7.14. The number of H-pyrrole nitrogens is 1. The van der Waals surface area contributed by atoms with E-state index in [-0.39, 0.29) is 0 Å². The van der Waals surface area contributed by atoms with Crippen molar-refractivity contribution in [3.05, 3.63) is 71.2 Å². The van der Waals surface area contributed by atoms with E-state index in [9.17, 15) is 0 Å². The summed E-state index contributed by atoms with van der Waals surface area (Å²) >= 11 is 1.49. The van der Waals surface area contributed by atoms with Gasteiger partial charge in [0.25, 0.3) is 0 Å². The zero-order chi connectivity index (χ0) is 17.1. The molecule has 0 unspecified atom stereocenters. The molecule has 0 amide bonds. The number of aromatic nitrogens is 2. The molecule has 0 aliphatic carbocycles. The molecule has 0 saturated carbocycles. The number of thiazole rings is 1. The van der Waals surface area contributed by atoms with Crippen molar-refractivity contribution in [1.29, 1.82) is 5.26 Å². The first-order valence-corrected chi connectivity index (χ1v) is 8.53. The van der Waals surface area contributed by atoms with Crippen LogP contribution in [0, 0.1) is 11.3 Å². The summed E-state index contributed by atoms with van der Waals surface area (Å²) in [5.41, 5.74) is 7.55. The molecule has 2 aromatic heterocycles. The van der Waals surface area contributed by atoms with E-state index in [0.29, 0.717) is 5.56 Å². The van der Waals surface area contributed by atoms with E-state index in [1.54, 1.807) is 18.3 Å². The average molecular weight is 343 g/mol. The minimum Gasteiger partial charge on any atom is -0.361 e. The van der Waals surface area contributed by atoms with Gasteiger partial charge in [-0.2, -0.15) is 10.4 Å². The molecule has 4 aromatic rings. The smallest absolute Gasteiger partial charge is 0.203 e. The summed E-state index contributed by atoms with van der Waals surface area (Å²) in [5, 5.41) is 16.9. The summed E-state index contributed by atoms with van der Waals surface area (Å²) in [7, 11) is 0. The average Bonchev–Trinajstić information content (AvgIpc) is 3.30. The van der Waals surface area contributed by atoms with Gasteiger partial charge >= 0.3 is 0 Å². The molecule has 0 aliphatic heterocycles. The molecule has 6 heteroatoms. The van der Waals surface area contributed by atoms with Crippen molar-refractivity contribution in [2.24, 2.45) is 5.10 Å². The second-order valence-corrected chi connectivity index (χ2v) is 6.24. The maximum atomic E-state index is 8.85. The Bertz CT molecular complexity index is 1080. The van der Waals surface area contributed by atoms with Gasteiger partial charge in [-0.05, 0) is 18.2 Å². The molecule has 0 saturated heterocycles. The molecule has 0 spiro atoms. The summed E-state index contributed by atoms with van der Waals surface area (Å²) in [6.07, 6.45) is 3.71. The third kappa shape index (κ3) is 3.13. The Labute approximate surface area is 148 Å². The van der Waals surface area contributed by atoms with Gasteiger partial charge in [-0.15, -0.1) is 11.3 Å². The standard InChI is InChI=1S/C19H13N5S/c20-9-13-5-7-14(8-6-13)18-12-25-19(23-18)24-22-11-15-10-21-17-4-2-1-3-16(15)17/h1-8,10-12,21H,(H,23,24)/b22-11-. The van der Waals surface area contributed by atoms with E-state index in [4.69, 9.17) is 5.26 Å². The van der Waals surface area contributed by atoms with E-state index >= 15 is 0 Å². The van der Waals surface area contributed by atoms with Crippen LogP contribution < -0.4 is 5.43 Å². The van der Waals surface area contributed by atoms with E-state index in [1.807, 2.05) is 41.9 Å². The maximum Gasteiger partial charge on any atom is 0.203 e. The molecular formula is C19H13N5S. The Balaban J connectivity index is 1.48. The summed E-state index contributed by atoms with van der Waals surface area (Å²) in [5.74, 6) is 0. The first-order chi connectivity index (χ1) is 12.3. The minimum atomic E-state index is 0.639. The van der Waals surface area contributed by atoms with Gasteiger partial charge in [-0.3, -0.25) is 5.43 Å². The van der Waals surface area contributed by atoms with Crippen molar-refractivity contribution in [1.82, 2.24) is 9.97 Å². The number of nitrogens with one attached hydrogen (secondary N) is 2. The largest absolute Gasteiger partial charge is 0.361 e. The van der Waals surface area contributed by atoms with Crippen LogP contribution in [0.15, 0.2) is 65.2 Å². The zero-order valence-corrected chi connectivity index (χ0v) is 13.9. The lowest BCUT2D eigenvalue weighted by molar-refractivity contribution is 1.29. The Morgan fingerprint density at radius 2 is 2.00 bits per heavy atom. The van der Waals surface area contributed by atoms with Crippen LogP contribution >= 0.6 is 11.3 Å². The van der Waals surface area contributed by atoms with Crippen molar-refractivity contribution in [2.45, 2.75) is 0 Å². The lowest BCUT2D eigenvalue weighted by atomic mass is 10.1. The van der Waals surface area contributed by atoms with Crippen molar-refractivity contribution < 1.29 is 0 Å². The molecule has 2 aromatic carbocycles. The highest BCUT2D eigenvalue weighted by Gasteiger charge is 2.04.